The third-order valence-corrected chi connectivity index (χ3v) is 2.48. The van der Waals surface area contributed by atoms with Gasteiger partial charge in [0.2, 0.25) is 0 Å². The van der Waals surface area contributed by atoms with Gasteiger partial charge in [0.15, 0.2) is 0 Å². The fraction of sp³-hybridized carbons (Fsp3) is 0. The predicted molar refractivity (Wildman–Crippen MR) is 92.5 cm³/mol. The maximum Gasteiger partial charge on any atom is 1.00 e. The molecule has 0 N–H and O–H groups in total. The van der Waals surface area contributed by atoms with Crippen LogP contribution in [0.3, 0.4) is 0 Å². The van der Waals surface area contributed by atoms with Gasteiger partial charge in [-0.2, -0.15) is 0 Å². The molecule has 21 heavy (non-hydrogen) atoms. The Morgan fingerprint density at radius 1 is 0.667 bits per heavy atom. The van der Waals surface area contributed by atoms with Crippen LogP contribution < -0.4 is 29.6 Å². The topological polar surface area (TPSA) is 0 Å². The molecule has 102 valence electrons. The molecular formula is C20H21Na. The Hall–Kier alpha value is -1.60. The summed E-state index contributed by atoms with van der Waals surface area (Å²) in [6.45, 7) is 7.22. The van der Waals surface area contributed by atoms with Gasteiger partial charge in [-0.05, 0) is 11.1 Å². The maximum absolute atomic E-state index is 3.63. The van der Waals surface area contributed by atoms with Crippen molar-refractivity contribution in [3.8, 4) is 0 Å². The summed E-state index contributed by atoms with van der Waals surface area (Å²) in [6.07, 6.45) is 11.5. The molecule has 2 aromatic carbocycles. The van der Waals surface area contributed by atoms with Gasteiger partial charge in [0.05, 0.1) is 0 Å². The van der Waals surface area contributed by atoms with Crippen LogP contribution >= 0.6 is 0 Å². The van der Waals surface area contributed by atoms with Crippen LogP contribution in [0.2, 0.25) is 0 Å². The van der Waals surface area contributed by atoms with Crippen molar-refractivity contribution in [1.82, 2.24) is 0 Å². The first-order valence-electron chi connectivity index (χ1n) is 6.55. The SMILES string of the molecule is C=CC=CC=Cc1ccccc1.C=Cc1ccccc1.[H-].[Na+]. The van der Waals surface area contributed by atoms with Crippen molar-refractivity contribution < 1.29 is 31.0 Å². The van der Waals surface area contributed by atoms with E-state index in [2.05, 4.69) is 31.4 Å². The molecule has 2 rings (SSSR count). The van der Waals surface area contributed by atoms with Gasteiger partial charge in [-0.25, -0.2) is 0 Å². The Balaban J connectivity index is 0. The molecule has 0 aliphatic carbocycles. The minimum Gasteiger partial charge on any atom is -1.00 e. The van der Waals surface area contributed by atoms with Crippen molar-refractivity contribution in [3.63, 3.8) is 0 Å². The average molecular weight is 284 g/mol. The Bertz CT molecular complexity index is 557. The van der Waals surface area contributed by atoms with Crippen molar-refractivity contribution in [2.45, 2.75) is 0 Å². The molecule has 0 spiro atoms. The van der Waals surface area contributed by atoms with Gasteiger partial charge < -0.3 is 1.43 Å². The molecule has 0 saturated carbocycles. The fourth-order valence-electron chi connectivity index (χ4n) is 1.46. The van der Waals surface area contributed by atoms with Crippen LogP contribution in [-0.2, 0) is 0 Å². The van der Waals surface area contributed by atoms with Gasteiger partial charge in [0, 0.05) is 0 Å². The summed E-state index contributed by atoms with van der Waals surface area (Å²) in [5.74, 6) is 0. The molecule has 0 aliphatic heterocycles. The van der Waals surface area contributed by atoms with Gasteiger partial charge in [0.1, 0.15) is 0 Å². The van der Waals surface area contributed by atoms with E-state index in [4.69, 9.17) is 0 Å². The van der Waals surface area contributed by atoms with E-state index in [1.54, 1.807) is 6.08 Å². The second kappa shape index (κ2) is 13.4. The van der Waals surface area contributed by atoms with Crippen LogP contribution in [0.5, 0.6) is 0 Å². The van der Waals surface area contributed by atoms with Gasteiger partial charge >= 0.3 is 29.6 Å². The quantitative estimate of drug-likeness (QED) is 0.598. The summed E-state index contributed by atoms with van der Waals surface area (Å²) in [5, 5.41) is 0. The summed E-state index contributed by atoms with van der Waals surface area (Å²) >= 11 is 0. The number of hydrogen-bond donors (Lipinski definition) is 0. The van der Waals surface area contributed by atoms with Gasteiger partial charge in [0.25, 0.3) is 0 Å². The second-order valence-electron chi connectivity index (χ2n) is 4.01. The zero-order valence-electron chi connectivity index (χ0n) is 13.7. The van der Waals surface area contributed by atoms with E-state index < -0.39 is 0 Å². The van der Waals surface area contributed by atoms with Crippen LogP contribution in [0, 0.1) is 0 Å². The molecular weight excluding hydrogens is 263 g/mol. The monoisotopic (exact) mass is 284 g/mol. The molecule has 0 amide bonds. The minimum atomic E-state index is 0. The molecule has 1 heteroatoms. The molecule has 0 fully saturated rings. The molecule has 0 heterocycles. The molecule has 0 radical (unpaired) electrons. The largest absolute Gasteiger partial charge is 1.00 e. The van der Waals surface area contributed by atoms with Crippen LogP contribution in [0.1, 0.15) is 12.6 Å². The standard InChI is InChI=1S/C12H12.C8H8.Na.H/c1-2-3-4-6-9-12-10-7-5-8-11-12;1-2-8-6-4-3-5-7-8;;/h2-11H,1H2;2-7H,1H2;;/q;;+1;-1. The first kappa shape index (κ1) is 19.4. The van der Waals surface area contributed by atoms with E-state index >= 15 is 0 Å². The number of benzene rings is 2. The van der Waals surface area contributed by atoms with Crippen molar-refractivity contribution in [2.75, 3.05) is 0 Å². The summed E-state index contributed by atoms with van der Waals surface area (Å²) < 4.78 is 0. The zero-order valence-corrected chi connectivity index (χ0v) is 14.7. The van der Waals surface area contributed by atoms with Gasteiger partial charge in [-0.1, -0.05) is 110 Å². The van der Waals surface area contributed by atoms with Gasteiger partial charge in [-0.15, -0.1) is 0 Å². The van der Waals surface area contributed by atoms with Crippen molar-refractivity contribution in [3.05, 3.63) is 109 Å². The summed E-state index contributed by atoms with van der Waals surface area (Å²) in [6, 6.07) is 20.2. The summed E-state index contributed by atoms with van der Waals surface area (Å²) in [7, 11) is 0. The molecule has 2 aromatic rings. The Morgan fingerprint density at radius 2 is 1.19 bits per heavy atom. The third-order valence-electron chi connectivity index (χ3n) is 2.48. The molecule has 0 unspecified atom stereocenters. The van der Waals surface area contributed by atoms with E-state index in [0.29, 0.717) is 0 Å². The molecule has 0 aliphatic rings. The van der Waals surface area contributed by atoms with Gasteiger partial charge in [-0.3, -0.25) is 0 Å². The van der Waals surface area contributed by atoms with E-state index in [0.717, 1.165) is 0 Å². The number of allylic oxidation sites excluding steroid dienone is 4. The van der Waals surface area contributed by atoms with Crippen molar-refractivity contribution in [1.29, 1.82) is 0 Å². The van der Waals surface area contributed by atoms with Crippen LogP contribution in [-0.4, -0.2) is 0 Å². The third kappa shape index (κ3) is 9.86. The second-order valence-corrected chi connectivity index (χ2v) is 4.01. The number of rotatable bonds is 4. The van der Waals surface area contributed by atoms with Crippen molar-refractivity contribution >= 4 is 12.2 Å². The van der Waals surface area contributed by atoms with Crippen LogP contribution in [0.4, 0.5) is 0 Å². The summed E-state index contributed by atoms with van der Waals surface area (Å²) in [4.78, 5) is 0. The van der Waals surface area contributed by atoms with E-state index in [9.17, 15) is 0 Å². The summed E-state index contributed by atoms with van der Waals surface area (Å²) in [5.41, 5.74) is 2.39. The van der Waals surface area contributed by atoms with Crippen molar-refractivity contribution in [2.24, 2.45) is 0 Å². The number of hydrogen-bond acceptors (Lipinski definition) is 0. The Morgan fingerprint density at radius 3 is 1.62 bits per heavy atom. The Kier molecular flexibility index (Phi) is 12.4. The zero-order chi connectivity index (χ0) is 14.5. The molecule has 0 aromatic heterocycles. The fourth-order valence-corrected chi connectivity index (χ4v) is 1.46. The smallest absolute Gasteiger partial charge is 1.00 e. The van der Waals surface area contributed by atoms with E-state index in [-0.39, 0.29) is 31.0 Å². The molecule has 0 atom stereocenters. The molecule has 0 nitrogen and oxygen atoms in total. The first-order chi connectivity index (χ1) is 9.86. The normalized spacial score (nSPS) is 9.52. The predicted octanol–water partition coefficient (Wildman–Crippen LogP) is 2.89. The van der Waals surface area contributed by atoms with E-state index in [1.807, 2.05) is 72.8 Å². The minimum absolute atomic E-state index is 0. The Labute approximate surface area is 152 Å². The molecule has 0 bridgehead atoms. The van der Waals surface area contributed by atoms with Crippen LogP contribution in [0.25, 0.3) is 12.2 Å². The maximum atomic E-state index is 3.63. The first-order valence-corrected chi connectivity index (χ1v) is 6.55. The van der Waals surface area contributed by atoms with E-state index in [1.165, 1.54) is 11.1 Å². The molecule has 0 saturated heterocycles. The average Bonchev–Trinajstić information content (AvgIpc) is 2.54. The van der Waals surface area contributed by atoms with Crippen LogP contribution in [0.15, 0.2) is 98.1 Å².